The molecule has 2 aromatic rings. The smallest absolute Gasteiger partial charge is 0.309 e. The van der Waals surface area contributed by atoms with Crippen LogP contribution in [0.5, 0.6) is 17.2 Å². The Kier molecular flexibility index (Phi) is 10.2. The van der Waals surface area contributed by atoms with Gasteiger partial charge in [-0.1, -0.05) is 26.8 Å². The predicted octanol–water partition coefficient (Wildman–Crippen LogP) is 4.79. The third-order valence-corrected chi connectivity index (χ3v) is 5.11. The van der Waals surface area contributed by atoms with E-state index in [-0.39, 0.29) is 29.5 Å². The molecule has 1 aromatic heterocycles. The van der Waals surface area contributed by atoms with Gasteiger partial charge in [-0.2, -0.15) is 0 Å². The second kappa shape index (κ2) is 12.8. The first kappa shape index (κ1) is 27.8. The van der Waals surface area contributed by atoms with Crippen molar-refractivity contribution in [3.05, 3.63) is 48.0 Å². The number of methoxy groups -OCH3 is 1. The van der Waals surface area contributed by atoms with Gasteiger partial charge in [-0.15, -0.1) is 0 Å². The number of nitrogens with zero attached hydrogens (tertiary/aromatic N) is 1. The maximum atomic E-state index is 13.6. The summed E-state index contributed by atoms with van der Waals surface area (Å²) < 4.78 is 35.4. The zero-order valence-corrected chi connectivity index (χ0v) is 20.9. The monoisotopic (exact) mass is 489 g/mol. The SMILES string of the molecule is COc1ccnc(C(=O)C[C@@H](C)C(=O)O[C@@H](C)[C@@H](CC(C)C)Oc2cccc(F)c2)c1OC(C)=O. The van der Waals surface area contributed by atoms with Crippen LogP contribution in [0.1, 0.15) is 57.9 Å². The summed E-state index contributed by atoms with van der Waals surface area (Å²) in [4.78, 5) is 41.2. The third kappa shape index (κ3) is 8.35. The molecule has 0 spiro atoms. The number of rotatable bonds is 12. The van der Waals surface area contributed by atoms with Gasteiger partial charge in [-0.3, -0.25) is 14.4 Å². The summed E-state index contributed by atoms with van der Waals surface area (Å²) in [7, 11) is 1.37. The number of halogens is 1. The number of pyridine rings is 1. The van der Waals surface area contributed by atoms with E-state index in [1.54, 1.807) is 19.9 Å². The number of hydrogen-bond acceptors (Lipinski definition) is 8. The van der Waals surface area contributed by atoms with Crippen LogP contribution in [-0.2, 0) is 14.3 Å². The Morgan fingerprint density at radius 3 is 2.40 bits per heavy atom. The average Bonchev–Trinajstić information content (AvgIpc) is 2.77. The summed E-state index contributed by atoms with van der Waals surface area (Å²) in [5.74, 6) is -2.34. The zero-order valence-electron chi connectivity index (χ0n) is 20.9. The van der Waals surface area contributed by atoms with Gasteiger partial charge < -0.3 is 18.9 Å². The highest BCUT2D eigenvalue weighted by Gasteiger charge is 2.29. The van der Waals surface area contributed by atoms with Crippen molar-refractivity contribution in [1.29, 1.82) is 0 Å². The topological polar surface area (TPSA) is 101 Å². The summed E-state index contributed by atoms with van der Waals surface area (Å²) in [6.07, 6.45) is 0.526. The van der Waals surface area contributed by atoms with Gasteiger partial charge >= 0.3 is 11.9 Å². The van der Waals surface area contributed by atoms with E-state index in [2.05, 4.69) is 4.98 Å². The Labute approximate surface area is 204 Å². The molecular weight excluding hydrogens is 457 g/mol. The number of hydrogen-bond donors (Lipinski definition) is 0. The Balaban J connectivity index is 2.10. The number of aromatic nitrogens is 1. The second-order valence-corrected chi connectivity index (χ2v) is 8.70. The van der Waals surface area contributed by atoms with Gasteiger partial charge in [0.05, 0.1) is 13.0 Å². The zero-order chi connectivity index (χ0) is 26.1. The molecule has 9 heteroatoms. The highest BCUT2D eigenvalue weighted by atomic mass is 19.1. The Bertz CT molecular complexity index is 1040. The molecule has 0 aliphatic carbocycles. The highest BCUT2D eigenvalue weighted by molar-refractivity contribution is 5.99. The van der Waals surface area contributed by atoms with Crippen molar-refractivity contribution in [3.8, 4) is 17.2 Å². The van der Waals surface area contributed by atoms with Crippen LogP contribution in [0.15, 0.2) is 36.5 Å². The third-order valence-electron chi connectivity index (χ3n) is 5.11. The Morgan fingerprint density at radius 1 is 1.09 bits per heavy atom. The number of esters is 2. The van der Waals surface area contributed by atoms with E-state index in [9.17, 15) is 18.8 Å². The van der Waals surface area contributed by atoms with Gasteiger partial charge in [0.15, 0.2) is 17.2 Å². The van der Waals surface area contributed by atoms with Crippen LogP contribution in [-0.4, -0.2) is 42.0 Å². The average molecular weight is 490 g/mol. The fraction of sp³-hybridized carbons (Fsp3) is 0.462. The number of benzene rings is 1. The minimum absolute atomic E-state index is 0.0954. The molecule has 0 radical (unpaired) electrons. The maximum Gasteiger partial charge on any atom is 0.309 e. The molecule has 0 unspecified atom stereocenters. The molecule has 0 aliphatic rings. The molecule has 0 N–H and O–H groups in total. The largest absolute Gasteiger partial charge is 0.493 e. The molecule has 3 atom stereocenters. The molecule has 1 heterocycles. The summed E-state index contributed by atoms with van der Waals surface area (Å²) in [5.41, 5.74) is -0.112. The van der Waals surface area contributed by atoms with Crippen molar-refractivity contribution in [2.75, 3.05) is 7.11 Å². The number of ketones is 1. The minimum Gasteiger partial charge on any atom is -0.493 e. The molecule has 2 rings (SSSR count). The van der Waals surface area contributed by atoms with Crippen LogP contribution in [0, 0.1) is 17.7 Å². The Hall–Kier alpha value is -3.49. The second-order valence-electron chi connectivity index (χ2n) is 8.70. The van der Waals surface area contributed by atoms with Gasteiger partial charge in [0, 0.05) is 31.7 Å². The molecule has 0 aliphatic heterocycles. The van der Waals surface area contributed by atoms with E-state index in [4.69, 9.17) is 18.9 Å². The summed E-state index contributed by atoms with van der Waals surface area (Å²) in [5, 5.41) is 0. The first-order valence-electron chi connectivity index (χ1n) is 11.4. The van der Waals surface area contributed by atoms with Gasteiger partial charge in [-0.05, 0) is 31.4 Å². The summed E-state index contributed by atoms with van der Waals surface area (Å²) >= 11 is 0. The standard InChI is InChI=1S/C26H32FNO7/c1-15(2)12-23(35-20-9-7-8-19(27)14-20)17(4)33-26(31)16(3)13-21(30)24-25(34-18(5)29)22(32-6)10-11-28-24/h7-11,14-17,23H,12-13H2,1-6H3/t16-,17+,23-/m1/s1. The summed E-state index contributed by atoms with van der Waals surface area (Å²) in [6, 6.07) is 7.22. The number of carbonyl (C=O) groups is 3. The van der Waals surface area contributed by atoms with Gasteiger partial charge in [0.2, 0.25) is 5.75 Å². The fourth-order valence-electron chi connectivity index (χ4n) is 3.38. The highest BCUT2D eigenvalue weighted by Crippen LogP contribution is 2.31. The van der Waals surface area contributed by atoms with Crippen molar-refractivity contribution in [1.82, 2.24) is 4.98 Å². The lowest BCUT2D eigenvalue weighted by Crippen LogP contribution is -2.36. The summed E-state index contributed by atoms with van der Waals surface area (Å²) in [6.45, 7) is 8.45. The molecule has 0 amide bonds. The van der Waals surface area contributed by atoms with E-state index in [1.807, 2.05) is 13.8 Å². The quantitative estimate of drug-likeness (QED) is 0.310. The lowest BCUT2D eigenvalue weighted by Gasteiger charge is -2.27. The molecule has 0 saturated heterocycles. The minimum atomic E-state index is -0.808. The lowest BCUT2D eigenvalue weighted by molar-refractivity contribution is -0.157. The number of ether oxygens (including phenoxy) is 4. The van der Waals surface area contributed by atoms with E-state index in [1.165, 1.54) is 44.5 Å². The van der Waals surface area contributed by atoms with E-state index < -0.39 is 41.7 Å². The first-order valence-corrected chi connectivity index (χ1v) is 11.4. The number of carbonyl (C=O) groups excluding carboxylic acids is 3. The molecule has 1 aromatic carbocycles. The van der Waals surface area contributed by atoms with E-state index in [0.29, 0.717) is 12.2 Å². The van der Waals surface area contributed by atoms with Crippen molar-refractivity contribution < 1.29 is 37.7 Å². The van der Waals surface area contributed by atoms with Crippen LogP contribution in [0.4, 0.5) is 4.39 Å². The van der Waals surface area contributed by atoms with E-state index in [0.717, 1.165) is 0 Å². The van der Waals surface area contributed by atoms with Crippen molar-refractivity contribution in [2.24, 2.45) is 11.8 Å². The maximum absolute atomic E-state index is 13.6. The molecule has 0 saturated carbocycles. The van der Waals surface area contributed by atoms with Gasteiger partial charge in [-0.25, -0.2) is 9.37 Å². The predicted molar refractivity (Wildman–Crippen MR) is 126 cm³/mol. The molecule has 0 bridgehead atoms. The van der Waals surface area contributed by atoms with Crippen molar-refractivity contribution in [2.45, 2.75) is 59.7 Å². The molecular formula is C26H32FNO7. The van der Waals surface area contributed by atoms with E-state index >= 15 is 0 Å². The fourth-order valence-corrected chi connectivity index (χ4v) is 3.38. The van der Waals surface area contributed by atoms with Crippen LogP contribution in [0.2, 0.25) is 0 Å². The molecule has 0 fully saturated rings. The molecule has 35 heavy (non-hydrogen) atoms. The van der Waals surface area contributed by atoms with Crippen LogP contribution in [0.3, 0.4) is 0 Å². The van der Waals surface area contributed by atoms with Crippen LogP contribution >= 0.6 is 0 Å². The Morgan fingerprint density at radius 2 is 1.80 bits per heavy atom. The normalized spacial score (nSPS) is 13.5. The lowest BCUT2D eigenvalue weighted by atomic mass is 10.0. The van der Waals surface area contributed by atoms with Crippen LogP contribution < -0.4 is 14.2 Å². The molecule has 8 nitrogen and oxygen atoms in total. The first-order chi connectivity index (χ1) is 16.5. The molecule has 190 valence electrons. The van der Waals surface area contributed by atoms with Gasteiger partial charge in [0.1, 0.15) is 23.8 Å². The van der Waals surface area contributed by atoms with Crippen LogP contribution in [0.25, 0.3) is 0 Å². The van der Waals surface area contributed by atoms with Crippen molar-refractivity contribution >= 4 is 17.7 Å². The van der Waals surface area contributed by atoms with Crippen molar-refractivity contribution in [3.63, 3.8) is 0 Å². The van der Waals surface area contributed by atoms with Gasteiger partial charge in [0.25, 0.3) is 0 Å². The number of Topliss-reactive ketones (excluding diaryl/α,β-unsaturated/α-hetero) is 1.